The third kappa shape index (κ3) is 7.40. The van der Waals surface area contributed by atoms with Crippen LogP contribution in [0.2, 0.25) is 0 Å². The zero-order valence-corrected chi connectivity index (χ0v) is 16.5. The maximum absolute atomic E-state index is 12.3. The maximum Gasteiger partial charge on any atom is 0.162 e. The minimum Gasteiger partial charge on any atom is -0.508 e. The summed E-state index contributed by atoms with van der Waals surface area (Å²) in [6.45, 7) is 1.79. The van der Waals surface area contributed by atoms with Gasteiger partial charge in [-0.15, -0.1) is 11.8 Å². The van der Waals surface area contributed by atoms with Crippen molar-refractivity contribution in [1.29, 1.82) is 0 Å². The molecule has 0 radical (unpaired) electrons. The molecule has 0 fully saturated rings. The van der Waals surface area contributed by atoms with Gasteiger partial charge >= 0.3 is 0 Å². The van der Waals surface area contributed by atoms with Crippen LogP contribution < -0.4 is 0 Å². The van der Waals surface area contributed by atoms with Crippen LogP contribution in [-0.2, 0) is 4.79 Å². The second-order valence-corrected chi connectivity index (χ2v) is 6.93. The van der Waals surface area contributed by atoms with Gasteiger partial charge in [-0.3, -0.25) is 9.59 Å². The molecule has 0 heterocycles. The standard InChI is InChI=1S/C25H28O3/c1-2-3-6-9-23(26)10-7-4-5-8-11-25(28)22-14-12-20(13-15-22)21-16-18-24(27)19-17-21/h12-19,27H,4-11H2,1H3. The highest BCUT2D eigenvalue weighted by molar-refractivity contribution is 5.96. The molecular weight excluding hydrogens is 348 g/mol. The first-order valence-electron chi connectivity index (χ1n) is 9.94. The Kier molecular flexibility index (Phi) is 9.01. The van der Waals surface area contributed by atoms with Gasteiger partial charge in [0.25, 0.3) is 0 Å². The van der Waals surface area contributed by atoms with Crippen LogP contribution >= 0.6 is 0 Å². The first-order valence-corrected chi connectivity index (χ1v) is 9.94. The van der Waals surface area contributed by atoms with E-state index in [1.54, 1.807) is 19.1 Å². The number of Topliss-reactive ketones (excluding diaryl/α,β-unsaturated/α-hetero) is 2. The molecule has 0 aliphatic rings. The number of hydrogen-bond donors (Lipinski definition) is 1. The summed E-state index contributed by atoms with van der Waals surface area (Å²) in [6, 6.07) is 14.6. The summed E-state index contributed by atoms with van der Waals surface area (Å²) < 4.78 is 0. The minimum absolute atomic E-state index is 0.159. The van der Waals surface area contributed by atoms with E-state index in [1.807, 2.05) is 36.4 Å². The van der Waals surface area contributed by atoms with Gasteiger partial charge in [-0.25, -0.2) is 0 Å². The summed E-state index contributed by atoms with van der Waals surface area (Å²) >= 11 is 0. The number of phenols is 1. The van der Waals surface area contributed by atoms with Crippen molar-refractivity contribution in [3.63, 3.8) is 0 Å². The lowest BCUT2D eigenvalue weighted by Crippen LogP contribution is -1.99. The molecule has 0 amide bonds. The number of unbranched alkanes of at least 4 members (excludes halogenated alkanes) is 3. The lowest BCUT2D eigenvalue weighted by molar-refractivity contribution is -0.119. The number of carbonyl (C=O) groups is 2. The molecule has 2 rings (SSSR count). The van der Waals surface area contributed by atoms with Gasteiger partial charge in [0, 0.05) is 31.2 Å². The monoisotopic (exact) mass is 376 g/mol. The predicted octanol–water partition coefficient (Wildman–Crippen LogP) is 5.96. The van der Waals surface area contributed by atoms with E-state index in [0.717, 1.165) is 42.4 Å². The highest BCUT2D eigenvalue weighted by Crippen LogP contribution is 2.22. The molecular formula is C25H28O3. The fourth-order valence-electron chi connectivity index (χ4n) is 3.06. The number of phenolic OH excluding ortho intramolecular Hbond substituents is 1. The quantitative estimate of drug-likeness (QED) is 0.299. The normalized spacial score (nSPS) is 10.2. The second-order valence-electron chi connectivity index (χ2n) is 6.93. The molecule has 0 spiro atoms. The largest absolute Gasteiger partial charge is 0.508 e. The number of rotatable bonds is 11. The third-order valence-electron chi connectivity index (χ3n) is 4.72. The van der Waals surface area contributed by atoms with Crippen LogP contribution in [0.15, 0.2) is 48.5 Å². The molecule has 28 heavy (non-hydrogen) atoms. The van der Waals surface area contributed by atoms with Gasteiger partial charge in [-0.2, -0.15) is 0 Å². The van der Waals surface area contributed by atoms with E-state index in [4.69, 9.17) is 0 Å². The van der Waals surface area contributed by atoms with Crippen LogP contribution in [0.1, 0.15) is 68.6 Å². The molecule has 0 aromatic heterocycles. The average molecular weight is 376 g/mol. The summed E-state index contributed by atoms with van der Waals surface area (Å²) in [5, 5.41) is 9.36. The van der Waals surface area contributed by atoms with E-state index in [0.29, 0.717) is 25.7 Å². The number of hydrogen-bond acceptors (Lipinski definition) is 3. The predicted molar refractivity (Wildman–Crippen MR) is 113 cm³/mol. The zero-order valence-electron chi connectivity index (χ0n) is 16.5. The summed E-state index contributed by atoms with van der Waals surface area (Å²) in [7, 11) is 0. The van der Waals surface area contributed by atoms with Crippen LogP contribution in [0.3, 0.4) is 0 Å². The fourth-order valence-corrected chi connectivity index (χ4v) is 3.06. The van der Waals surface area contributed by atoms with Gasteiger partial charge in [0.2, 0.25) is 0 Å². The molecule has 3 nitrogen and oxygen atoms in total. The van der Waals surface area contributed by atoms with Crippen molar-refractivity contribution >= 4 is 11.6 Å². The number of carbonyl (C=O) groups excluding carboxylic acids is 2. The van der Waals surface area contributed by atoms with Crippen molar-refractivity contribution in [3.8, 4) is 28.7 Å². The van der Waals surface area contributed by atoms with Crippen LogP contribution in [0, 0.1) is 11.8 Å². The summed E-state index contributed by atoms with van der Waals surface area (Å²) in [5.41, 5.74) is 2.76. The molecule has 0 bridgehead atoms. The second kappa shape index (κ2) is 11.8. The molecule has 0 unspecified atom stereocenters. The lowest BCUT2D eigenvalue weighted by Gasteiger charge is -2.05. The molecule has 1 N–H and O–H groups in total. The Morgan fingerprint density at radius 3 is 1.96 bits per heavy atom. The van der Waals surface area contributed by atoms with Gasteiger partial charge < -0.3 is 5.11 Å². The van der Waals surface area contributed by atoms with E-state index in [1.165, 1.54) is 0 Å². The Hall–Kier alpha value is -2.86. The number of ketones is 2. The van der Waals surface area contributed by atoms with Gasteiger partial charge in [0.1, 0.15) is 11.5 Å². The topological polar surface area (TPSA) is 54.4 Å². The van der Waals surface area contributed by atoms with Crippen molar-refractivity contribution in [1.82, 2.24) is 0 Å². The van der Waals surface area contributed by atoms with Crippen molar-refractivity contribution in [2.75, 3.05) is 0 Å². The van der Waals surface area contributed by atoms with Crippen molar-refractivity contribution in [2.24, 2.45) is 0 Å². The summed E-state index contributed by atoms with van der Waals surface area (Å²) in [5.74, 6) is 6.40. The van der Waals surface area contributed by atoms with E-state index < -0.39 is 0 Å². The molecule has 0 atom stereocenters. The fraction of sp³-hybridized carbons (Fsp3) is 0.360. The zero-order chi connectivity index (χ0) is 20.2. The minimum atomic E-state index is 0.159. The Bertz CT molecular complexity index is 821. The molecule has 2 aromatic carbocycles. The highest BCUT2D eigenvalue weighted by Gasteiger charge is 2.07. The Labute approximate surface area is 167 Å². The van der Waals surface area contributed by atoms with E-state index in [2.05, 4.69) is 11.8 Å². The Morgan fingerprint density at radius 1 is 0.786 bits per heavy atom. The smallest absolute Gasteiger partial charge is 0.162 e. The van der Waals surface area contributed by atoms with E-state index in [9.17, 15) is 14.7 Å². The lowest BCUT2D eigenvalue weighted by atomic mass is 9.99. The molecule has 3 heteroatoms. The van der Waals surface area contributed by atoms with Gasteiger partial charge in [-0.05, 0) is 43.0 Å². The molecule has 0 saturated carbocycles. The molecule has 146 valence electrons. The van der Waals surface area contributed by atoms with Gasteiger partial charge in [0.15, 0.2) is 5.78 Å². The maximum atomic E-state index is 12.3. The Balaban J connectivity index is 1.67. The van der Waals surface area contributed by atoms with Crippen LogP contribution in [0.4, 0.5) is 0 Å². The average Bonchev–Trinajstić information content (AvgIpc) is 2.71. The summed E-state index contributed by atoms with van der Waals surface area (Å²) in [6.07, 6.45) is 6.09. The molecule has 0 aliphatic carbocycles. The Morgan fingerprint density at radius 2 is 1.36 bits per heavy atom. The van der Waals surface area contributed by atoms with Crippen LogP contribution in [-0.4, -0.2) is 16.7 Å². The molecule has 0 aliphatic heterocycles. The van der Waals surface area contributed by atoms with Crippen LogP contribution in [0.25, 0.3) is 11.1 Å². The van der Waals surface area contributed by atoms with Crippen molar-refractivity contribution in [3.05, 3.63) is 54.1 Å². The summed E-state index contributed by atoms with van der Waals surface area (Å²) in [4.78, 5) is 24.0. The van der Waals surface area contributed by atoms with Gasteiger partial charge in [-0.1, -0.05) is 49.2 Å². The van der Waals surface area contributed by atoms with Crippen LogP contribution in [0.5, 0.6) is 5.75 Å². The first kappa shape index (κ1) is 21.4. The number of benzene rings is 2. The van der Waals surface area contributed by atoms with E-state index >= 15 is 0 Å². The van der Waals surface area contributed by atoms with Crippen molar-refractivity contribution < 1.29 is 14.7 Å². The SMILES string of the molecule is CC#CCCC(=O)CCCCCCC(=O)c1ccc(-c2ccc(O)cc2)cc1. The van der Waals surface area contributed by atoms with E-state index in [-0.39, 0.29) is 17.3 Å². The highest BCUT2D eigenvalue weighted by atomic mass is 16.3. The van der Waals surface area contributed by atoms with Crippen molar-refractivity contribution in [2.45, 2.75) is 58.3 Å². The number of aromatic hydroxyl groups is 1. The van der Waals surface area contributed by atoms with Gasteiger partial charge in [0.05, 0.1) is 0 Å². The third-order valence-corrected chi connectivity index (χ3v) is 4.72. The first-order chi connectivity index (χ1) is 13.6. The molecule has 2 aromatic rings. The molecule has 0 saturated heterocycles.